The molecule has 0 aromatic carbocycles. The SMILES string of the molecule is CC(=O)N[C@H]1[C@@H](O[C@H]2[C@@H](O)[C@@H](CO)O[C@@H](O[C@H]3[C@@H](O)[C@@H](CO)O[C@@H](O[C@@H]([C@@H](O)[C@H](O)CO[C@]4(C(=O)O)C[C@H](O)[C@@H](NC(=O)CO)[C@H]([C@H](O)[C@H](O)CO)O4)[C@H](CO)NC(C)=O)[C@@H]3O)[C@@H]2O[C@@H]2O[C@@H](C)[C@@H](O)[C@@H](O)[C@@H]2O)O[C@H](CO)[C@H](O)[C@@H]1O. The van der Waals surface area contributed by atoms with Gasteiger partial charge in [0.2, 0.25) is 17.7 Å². The minimum atomic E-state index is -3.15. The molecule has 37 nitrogen and oxygen atoms in total. The highest BCUT2D eigenvalue weighted by molar-refractivity contribution is 5.78. The van der Waals surface area contributed by atoms with Crippen LogP contribution in [0.5, 0.6) is 0 Å². The highest BCUT2D eigenvalue weighted by Crippen LogP contribution is 2.38. The Morgan fingerprint density at radius 2 is 1.15 bits per heavy atom. The Balaban J connectivity index is 1.50. The lowest BCUT2D eigenvalue weighted by Crippen LogP contribution is -2.70. The van der Waals surface area contributed by atoms with E-state index in [1.54, 1.807) is 0 Å². The molecule has 5 rings (SSSR count). The Bertz CT molecular complexity index is 2040. The Hall–Kier alpha value is -3.28. The number of aliphatic carboxylic acids is 1. The molecule has 476 valence electrons. The van der Waals surface area contributed by atoms with Crippen molar-refractivity contribution in [1.82, 2.24) is 16.0 Å². The monoisotopic (exact) mass is 1200 g/mol. The molecule has 0 aromatic rings. The van der Waals surface area contributed by atoms with E-state index in [1.165, 1.54) is 6.92 Å². The van der Waals surface area contributed by atoms with Crippen LogP contribution in [0.25, 0.3) is 0 Å². The second kappa shape index (κ2) is 30.4. The topological polar surface area (TPSA) is 601 Å². The summed E-state index contributed by atoms with van der Waals surface area (Å²) in [6.45, 7) is -5.04. The third kappa shape index (κ3) is 15.8. The largest absolute Gasteiger partial charge is 0.477 e. The Morgan fingerprint density at radius 1 is 0.585 bits per heavy atom. The highest BCUT2D eigenvalue weighted by atomic mass is 16.8. The van der Waals surface area contributed by atoms with Gasteiger partial charge in [0, 0.05) is 20.3 Å². The molecule has 37 heteroatoms. The van der Waals surface area contributed by atoms with Crippen molar-refractivity contribution < 1.29 is 169 Å². The third-order valence-corrected chi connectivity index (χ3v) is 14.3. The van der Waals surface area contributed by atoms with Gasteiger partial charge in [0.1, 0.15) is 135 Å². The van der Waals surface area contributed by atoms with E-state index in [0.29, 0.717) is 0 Å². The number of amides is 3. The number of aliphatic hydroxyl groups excluding tert-OH is 19. The molecule has 30 atom stereocenters. The van der Waals surface area contributed by atoms with Crippen LogP contribution in [0.2, 0.25) is 0 Å². The van der Waals surface area contributed by atoms with Crippen molar-refractivity contribution >= 4 is 23.7 Å². The highest BCUT2D eigenvalue weighted by Gasteiger charge is 2.59. The zero-order valence-electron chi connectivity index (χ0n) is 44.1. The van der Waals surface area contributed by atoms with Gasteiger partial charge in [0.05, 0.1) is 63.9 Å². The van der Waals surface area contributed by atoms with E-state index < -0.39 is 260 Å². The van der Waals surface area contributed by atoms with Crippen LogP contribution in [0, 0.1) is 0 Å². The van der Waals surface area contributed by atoms with Gasteiger partial charge in [-0.15, -0.1) is 0 Å². The summed E-state index contributed by atoms with van der Waals surface area (Å²) in [5, 5.41) is 222. The average molecular weight is 1200 g/mol. The van der Waals surface area contributed by atoms with E-state index in [9.17, 15) is 121 Å². The van der Waals surface area contributed by atoms with E-state index >= 15 is 0 Å². The first-order valence-corrected chi connectivity index (χ1v) is 25.7. The predicted molar refractivity (Wildman–Crippen MR) is 253 cm³/mol. The van der Waals surface area contributed by atoms with Crippen molar-refractivity contribution in [2.45, 2.75) is 211 Å². The third-order valence-electron chi connectivity index (χ3n) is 14.3. The maximum Gasteiger partial charge on any atom is 0.364 e. The van der Waals surface area contributed by atoms with Crippen LogP contribution in [0.3, 0.4) is 0 Å². The lowest BCUT2D eigenvalue weighted by molar-refractivity contribution is -0.403. The van der Waals surface area contributed by atoms with Crippen molar-refractivity contribution in [3.8, 4) is 0 Å². The molecule has 0 saturated carbocycles. The fraction of sp³-hybridized carbons (Fsp3) is 0.911. The molecule has 5 aliphatic heterocycles. The second-order valence-corrected chi connectivity index (χ2v) is 20.2. The molecule has 0 bridgehead atoms. The van der Waals surface area contributed by atoms with E-state index in [2.05, 4.69) is 16.0 Å². The number of carboxylic acids is 1. The zero-order chi connectivity index (χ0) is 61.4. The first kappa shape index (κ1) is 69.5. The predicted octanol–water partition coefficient (Wildman–Crippen LogP) is -14.8. The van der Waals surface area contributed by atoms with Crippen LogP contribution >= 0.6 is 0 Å². The van der Waals surface area contributed by atoms with Crippen LogP contribution in [0.1, 0.15) is 27.2 Å². The molecule has 0 radical (unpaired) electrons. The van der Waals surface area contributed by atoms with Crippen molar-refractivity contribution in [2.75, 3.05) is 46.2 Å². The number of aliphatic hydroxyl groups is 19. The number of ether oxygens (including phenoxy) is 10. The minimum Gasteiger partial charge on any atom is -0.477 e. The molecule has 82 heavy (non-hydrogen) atoms. The van der Waals surface area contributed by atoms with Gasteiger partial charge >= 0.3 is 5.97 Å². The van der Waals surface area contributed by atoms with Gasteiger partial charge in [-0.3, -0.25) is 14.4 Å². The van der Waals surface area contributed by atoms with Crippen molar-refractivity contribution in [3.05, 3.63) is 0 Å². The number of hydrogen-bond acceptors (Lipinski definition) is 33. The summed E-state index contributed by atoms with van der Waals surface area (Å²) < 4.78 is 57.8. The van der Waals surface area contributed by atoms with Gasteiger partial charge in [-0.05, 0) is 6.92 Å². The number of hydrogen-bond donors (Lipinski definition) is 23. The van der Waals surface area contributed by atoms with Crippen molar-refractivity contribution in [2.24, 2.45) is 0 Å². The van der Waals surface area contributed by atoms with Crippen LogP contribution in [0.15, 0.2) is 0 Å². The lowest BCUT2D eigenvalue weighted by Gasteiger charge is -2.51. The molecular weight excluding hydrogens is 1130 g/mol. The number of nitrogens with one attached hydrogen (secondary N) is 3. The number of carbonyl (C=O) groups is 4. The molecule has 5 aliphatic rings. The molecule has 23 N–H and O–H groups in total. The van der Waals surface area contributed by atoms with Gasteiger partial charge in [-0.1, -0.05) is 0 Å². The smallest absolute Gasteiger partial charge is 0.364 e. The molecule has 0 unspecified atom stereocenters. The Kier molecular flexibility index (Phi) is 25.7. The second-order valence-electron chi connectivity index (χ2n) is 20.2. The van der Waals surface area contributed by atoms with Crippen molar-refractivity contribution in [1.29, 1.82) is 0 Å². The van der Waals surface area contributed by atoms with Crippen molar-refractivity contribution in [3.63, 3.8) is 0 Å². The van der Waals surface area contributed by atoms with Crippen LogP contribution in [-0.4, -0.2) is 355 Å². The first-order chi connectivity index (χ1) is 38.5. The normalized spacial score (nSPS) is 42.2. The molecule has 5 fully saturated rings. The van der Waals surface area contributed by atoms with E-state index in [1.807, 2.05) is 0 Å². The van der Waals surface area contributed by atoms with Gasteiger partial charge in [0.15, 0.2) is 25.2 Å². The number of carbonyl (C=O) groups excluding carboxylic acids is 3. The molecule has 5 heterocycles. The average Bonchev–Trinajstić information content (AvgIpc) is 3.58. The van der Waals surface area contributed by atoms with E-state index in [4.69, 9.17) is 47.4 Å². The molecule has 0 aliphatic carbocycles. The quantitative estimate of drug-likeness (QED) is 0.0382. The van der Waals surface area contributed by atoms with Gasteiger partial charge in [-0.2, -0.15) is 0 Å². The molecule has 5 saturated heterocycles. The summed E-state index contributed by atoms with van der Waals surface area (Å²) in [5.41, 5.74) is 0. The first-order valence-electron chi connectivity index (χ1n) is 25.7. The summed E-state index contributed by atoms with van der Waals surface area (Å²) in [4.78, 5) is 49.7. The van der Waals surface area contributed by atoms with E-state index in [-0.39, 0.29) is 0 Å². The molecule has 0 aromatic heterocycles. The zero-order valence-corrected chi connectivity index (χ0v) is 44.1. The standard InChI is InChI=1S/C45H77N3O34/c1-12-25(61)32(68)33(69)41(74-12)81-39-38(80-40-24(47-14(3)56)31(67)28(64)19(7-51)75-40)30(66)21(9-53)77-43(39)79-37-29(65)20(8-52)76-42(34(37)70)78-35(15(5-49)46-13(2)55)27(63)18(59)11-73-45(44(71)72)4-16(57)23(48-22(60)10-54)36(82-45)26(62)17(58)6-50/h12,15-21,23-43,49-54,57-59,61-70H,4-11H2,1-3H3,(H,46,55)(H,47,56)(H,48,60)(H,71,72)/t12-,15-,16-,17+,18+,19+,20+,21+,23+,24+,25+,26+,27-,28-,29-,30-,31+,32+,33-,34+,35+,36+,37-,38-,39+,40+,41-,42-,43-,45+/m0/s1. The summed E-state index contributed by atoms with van der Waals surface area (Å²) in [5.74, 6) is -8.18. The summed E-state index contributed by atoms with van der Waals surface area (Å²) >= 11 is 0. The maximum absolute atomic E-state index is 12.8. The number of carboxylic acid groups (broad SMARTS) is 1. The fourth-order valence-electron chi connectivity index (χ4n) is 9.83. The van der Waals surface area contributed by atoms with Gasteiger partial charge < -0.3 is 165 Å². The minimum absolute atomic E-state index is 0.833. The maximum atomic E-state index is 12.8. The fourth-order valence-corrected chi connectivity index (χ4v) is 9.83. The van der Waals surface area contributed by atoms with Gasteiger partial charge in [0.25, 0.3) is 5.79 Å². The van der Waals surface area contributed by atoms with Gasteiger partial charge in [-0.25, -0.2) is 4.79 Å². The summed E-state index contributed by atoms with van der Waals surface area (Å²) in [6, 6.07) is -5.38. The number of rotatable bonds is 26. The molecular formula is C45H77N3O34. The summed E-state index contributed by atoms with van der Waals surface area (Å²) in [7, 11) is 0. The van der Waals surface area contributed by atoms with Crippen LogP contribution in [-0.2, 0) is 66.5 Å². The summed E-state index contributed by atoms with van der Waals surface area (Å²) in [6.07, 6.45) is -55.5. The molecule has 0 spiro atoms. The van der Waals surface area contributed by atoms with Crippen LogP contribution < -0.4 is 16.0 Å². The molecule has 3 amide bonds. The Labute approximate surface area is 464 Å². The Morgan fingerprint density at radius 3 is 1.70 bits per heavy atom. The van der Waals surface area contributed by atoms with E-state index in [0.717, 1.165) is 13.8 Å². The van der Waals surface area contributed by atoms with Crippen LogP contribution in [0.4, 0.5) is 0 Å². The lowest BCUT2D eigenvalue weighted by atomic mass is 9.88.